The summed E-state index contributed by atoms with van der Waals surface area (Å²) in [7, 11) is 3.58. The largest absolute Gasteiger partial charge is 0.364 e. The summed E-state index contributed by atoms with van der Waals surface area (Å²) >= 11 is 0. The number of aryl methyl sites for hydroxylation is 2. The average molecular weight is 543 g/mol. The predicted molar refractivity (Wildman–Crippen MR) is 158 cm³/mol. The molecule has 0 unspecified atom stereocenters. The van der Waals surface area contributed by atoms with Gasteiger partial charge in [-0.1, -0.05) is 55.5 Å². The molecular formula is C31H30N10. The number of amidine groups is 1. The zero-order chi connectivity index (χ0) is 28.9. The minimum atomic E-state index is -0.953. The van der Waals surface area contributed by atoms with Crippen LogP contribution in [0, 0.1) is 35.5 Å². The Bertz CT molecular complexity index is 1770. The van der Waals surface area contributed by atoms with Gasteiger partial charge in [-0.2, -0.15) is 15.7 Å². The van der Waals surface area contributed by atoms with Gasteiger partial charge in [-0.05, 0) is 52.9 Å². The highest BCUT2D eigenvalue weighted by Crippen LogP contribution is 2.31. The molecule has 0 radical (unpaired) electrons. The molecule has 0 aliphatic heterocycles. The summed E-state index contributed by atoms with van der Waals surface area (Å²) in [6.07, 6.45) is 1.81. The van der Waals surface area contributed by atoms with Gasteiger partial charge in [-0.15, -0.1) is 10.2 Å². The van der Waals surface area contributed by atoms with Crippen LogP contribution in [0.15, 0.2) is 65.7 Å². The van der Waals surface area contributed by atoms with Crippen molar-refractivity contribution in [1.82, 2.24) is 35.1 Å². The van der Waals surface area contributed by atoms with Crippen LogP contribution < -0.4 is 0 Å². The van der Waals surface area contributed by atoms with E-state index < -0.39 is 5.92 Å². The Balaban J connectivity index is 1.54. The molecule has 10 heteroatoms. The van der Waals surface area contributed by atoms with Crippen LogP contribution >= 0.6 is 0 Å². The number of hydrogen-bond acceptors (Lipinski definition) is 7. The van der Waals surface area contributed by atoms with E-state index in [2.05, 4.69) is 62.4 Å². The summed E-state index contributed by atoms with van der Waals surface area (Å²) in [6.45, 7) is 4.81. The van der Waals surface area contributed by atoms with Crippen molar-refractivity contribution in [3.05, 3.63) is 77.6 Å². The summed E-state index contributed by atoms with van der Waals surface area (Å²) < 4.78 is 2.24. The first kappa shape index (κ1) is 27.2. The number of aromatic amines is 1. The number of aliphatic imine (C=N–C) groups is 1. The lowest BCUT2D eigenvalue weighted by molar-refractivity contribution is 0.600. The van der Waals surface area contributed by atoms with Crippen molar-refractivity contribution in [2.24, 2.45) is 10.9 Å². The SMILES string of the molecule is CCCc1nc2c(C)cc(N=C(C(C#N)C#N)N(C)C)cc2n1Cc1ccc(-c2ccccc2-c2nn[nH]n2)cc1. The van der Waals surface area contributed by atoms with E-state index in [1.807, 2.05) is 49.4 Å². The van der Waals surface area contributed by atoms with Gasteiger partial charge in [0.25, 0.3) is 0 Å². The molecule has 0 saturated carbocycles. The second-order valence-corrected chi connectivity index (χ2v) is 10.0. The smallest absolute Gasteiger partial charge is 0.205 e. The minimum Gasteiger partial charge on any atom is -0.364 e. The Morgan fingerprint density at radius 2 is 1.78 bits per heavy atom. The first-order valence-electron chi connectivity index (χ1n) is 13.4. The fraction of sp³-hybridized carbons (Fsp3) is 0.258. The molecule has 1 N–H and O–H groups in total. The number of nitriles is 2. The minimum absolute atomic E-state index is 0.408. The van der Waals surface area contributed by atoms with Gasteiger partial charge in [0.05, 0.1) is 28.9 Å². The molecule has 41 heavy (non-hydrogen) atoms. The number of tetrazole rings is 1. The number of nitrogens with one attached hydrogen (secondary N) is 1. The van der Waals surface area contributed by atoms with Crippen LogP contribution in [0.1, 0.15) is 30.3 Å². The van der Waals surface area contributed by atoms with Crippen molar-refractivity contribution in [3.8, 4) is 34.7 Å². The summed E-state index contributed by atoms with van der Waals surface area (Å²) in [5, 5.41) is 33.5. The Kier molecular flexibility index (Phi) is 7.84. The van der Waals surface area contributed by atoms with Crippen LogP contribution in [0.25, 0.3) is 33.5 Å². The van der Waals surface area contributed by atoms with Gasteiger partial charge in [0.2, 0.25) is 5.82 Å². The number of hydrogen-bond donors (Lipinski definition) is 1. The van der Waals surface area contributed by atoms with Gasteiger partial charge in [-0.3, -0.25) is 0 Å². The van der Waals surface area contributed by atoms with E-state index in [9.17, 15) is 10.5 Å². The Hall–Kier alpha value is -5.35. The topological polar surface area (TPSA) is 135 Å². The van der Waals surface area contributed by atoms with E-state index in [-0.39, 0.29) is 0 Å². The quantitative estimate of drug-likeness (QED) is 0.203. The van der Waals surface area contributed by atoms with Crippen molar-refractivity contribution in [1.29, 1.82) is 10.5 Å². The Labute approximate surface area is 238 Å². The lowest BCUT2D eigenvalue weighted by atomic mass is 9.98. The molecule has 0 saturated heterocycles. The van der Waals surface area contributed by atoms with Gasteiger partial charge in [0.1, 0.15) is 11.7 Å². The van der Waals surface area contributed by atoms with Crippen molar-refractivity contribution in [2.45, 2.75) is 33.2 Å². The summed E-state index contributed by atoms with van der Waals surface area (Å²) in [4.78, 5) is 11.4. The van der Waals surface area contributed by atoms with Crippen LogP contribution in [0.2, 0.25) is 0 Å². The van der Waals surface area contributed by atoms with Crippen molar-refractivity contribution < 1.29 is 0 Å². The molecule has 0 amide bonds. The van der Waals surface area contributed by atoms with E-state index in [0.29, 0.717) is 23.9 Å². The zero-order valence-electron chi connectivity index (χ0n) is 23.5. The molecule has 5 aromatic rings. The van der Waals surface area contributed by atoms with Crippen molar-refractivity contribution in [2.75, 3.05) is 14.1 Å². The number of benzene rings is 3. The normalized spacial score (nSPS) is 11.5. The zero-order valence-corrected chi connectivity index (χ0v) is 23.5. The average Bonchev–Trinajstić information content (AvgIpc) is 3.63. The standard InChI is InChI=1S/C31H30N10/c1-5-8-28-35-29-20(2)15-24(34-31(40(3)4)23(17-32)18-33)16-27(29)41(28)19-21-11-13-22(14-12-21)25-9-6-7-10-26(25)30-36-38-39-37-30/h6-7,9-16,23H,5,8,19H2,1-4H3,(H,36,37,38,39). The van der Waals surface area contributed by atoms with Crippen LogP contribution in [0.3, 0.4) is 0 Å². The number of fused-ring (bicyclic) bond motifs is 1. The lowest BCUT2D eigenvalue weighted by Gasteiger charge is -2.16. The molecule has 0 aliphatic carbocycles. The monoisotopic (exact) mass is 542 g/mol. The van der Waals surface area contributed by atoms with Crippen molar-refractivity contribution in [3.63, 3.8) is 0 Å². The molecule has 204 valence electrons. The number of nitrogens with zero attached hydrogens (tertiary/aromatic N) is 9. The molecular weight excluding hydrogens is 512 g/mol. The number of imidazole rings is 1. The third-order valence-corrected chi connectivity index (χ3v) is 6.92. The van der Waals surface area contributed by atoms with Crippen LogP contribution in [0.4, 0.5) is 5.69 Å². The summed E-state index contributed by atoms with van der Waals surface area (Å²) in [5.41, 5.74) is 7.73. The number of rotatable bonds is 8. The lowest BCUT2D eigenvalue weighted by Crippen LogP contribution is -2.28. The second kappa shape index (κ2) is 11.8. The molecule has 2 aromatic heterocycles. The highest BCUT2D eigenvalue weighted by atomic mass is 15.5. The molecule has 3 aromatic carbocycles. The van der Waals surface area contributed by atoms with Crippen molar-refractivity contribution >= 4 is 22.6 Å². The second-order valence-electron chi connectivity index (χ2n) is 10.0. The van der Waals surface area contributed by atoms with Gasteiger partial charge < -0.3 is 9.47 Å². The van der Waals surface area contributed by atoms with E-state index >= 15 is 0 Å². The first-order chi connectivity index (χ1) is 19.9. The number of aromatic nitrogens is 6. The molecule has 0 fully saturated rings. The summed E-state index contributed by atoms with van der Waals surface area (Å²) in [6, 6.07) is 24.5. The molecule has 0 spiro atoms. The third-order valence-electron chi connectivity index (χ3n) is 6.92. The highest BCUT2D eigenvalue weighted by molar-refractivity contribution is 5.92. The molecule has 0 atom stereocenters. The molecule has 0 aliphatic rings. The fourth-order valence-electron chi connectivity index (χ4n) is 4.95. The van der Waals surface area contributed by atoms with Crippen LogP contribution in [-0.2, 0) is 13.0 Å². The number of H-pyrrole nitrogens is 1. The molecule has 5 rings (SSSR count). The maximum atomic E-state index is 9.47. The van der Waals surface area contributed by atoms with Gasteiger partial charge in [-0.25, -0.2) is 9.98 Å². The fourth-order valence-corrected chi connectivity index (χ4v) is 4.95. The maximum Gasteiger partial charge on any atom is 0.205 e. The van der Waals surface area contributed by atoms with E-state index in [0.717, 1.165) is 57.5 Å². The molecule has 10 nitrogen and oxygen atoms in total. The Morgan fingerprint density at radius 1 is 1.05 bits per heavy atom. The third kappa shape index (κ3) is 5.54. The van der Waals surface area contributed by atoms with E-state index in [1.54, 1.807) is 19.0 Å². The van der Waals surface area contributed by atoms with E-state index in [1.165, 1.54) is 0 Å². The van der Waals surface area contributed by atoms with E-state index in [4.69, 9.17) is 9.98 Å². The highest BCUT2D eigenvalue weighted by Gasteiger charge is 2.19. The maximum absolute atomic E-state index is 9.47. The summed E-state index contributed by atoms with van der Waals surface area (Å²) in [5.74, 6) is 1.02. The molecule has 0 bridgehead atoms. The predicted octanol–water partition coefficient (Wildman–Crippen LogP) is 5.45. The Morgan fingerprint density at radius 3 is 2.41 bits per heavy atom. The van der Waals surface area contributed by atoms with Crippen LogP contribution in [-0.4, -0.2) is 55.0 Å². The van der Waals surface area contributed by atoms with Crippen LogP contribution in [0.5, 0.6) is 0 Å². The van der Waals surface area contributed by atoms with Gasteiger partial charge >= 0.3 is 0 Å². The first-order valence-corrected chi connectivity index (χ1v) is 13.4. The molecule has 2 heterocycles. The van der Waals surface area contributed by atoms with Gasteiger partial charge in [0, 0.05) is 32.6 Å². The van der Waals surface area contributed by atoms with Gasteiger partial charge in [0.15, 0.2) is 5.92 Å².